The van der Waals surface area contributed by atoms with Gasteiger partial charge in [0.15, 0.2) is 12.4 Å². The molecule has 3 rings (SSSR count). The summed E-state index contributed by atoms with van der Waals surface area (Å²) in [5.74, 6) is -0.806. The zero-order chi connectivity index (χ0) is 22.0. The lowest BCUT2D eigenvalue weighted by molar-refractivity contribution is -0.116. The molecule has 0 bridgehead atoms. The van der Waals surface area contributed by atoms with E-state index in [0.29, 0.717) is 22.2 Å². The Morgan fingerprint density at radius 3 is 2.43 bits per heavy atom. The molecular formula is C20H22ClN5O4. The van der Waals surface area contributed by atoms with E-state index in [9.17, 15) is 9.59 Å². The number of carboxylic acids is 1. The number of aromatic carboxylic acids is 1. The largest absolute Gasteiger partial charge is 0.476 e. The molecule has 0 saturated carbocycles. The van der Waals surface area contributed by atoms with Crippen LogP contribution in [0.15, 0.2) is 24.4 Å². The first-order valence-corrected chi connectivity index (χ1v) is 9.53. The van der Waals surface area contributed by atoms with Crippen LogP contribution in [-0.2, 0) is 18.1 Å². The fourth-order valence-electron chi connectivity index (χ4n) is 3.02. The second-order valence-corrected chi connectivity index (χ2v) is 7.32. The van der Waals surface area contributed by atoms with Crippen molar-refractivity contribution in [2.45, 2.75) is 41.0 Å². The highest BCUT2D eigenvalue weighted by Gasteiger charge is 2.16. The highest BCUT2D eigenvalue weighted by molar-refractivity contribution is 6.32. The summed E-state index contributed by atoms with van der Waals surface area (Å²) in [5.41, 5.74) is 3.69. The summed E-state index contributed by atoms with van der Waals surface area (Å²) in [5, 5.41) is 20.7. The molecule has 3 aromatic rings. The molecule has 0 aliphatic carbocycles. The molecular weight excluding hydrogens is 410 g/mol. The van der Waals surface area contributed by atoms with E-state index in [4.69, 9.17) is 21.4 Å². The number of aryl methyl sites for hydroxylation is 3. The Morgan fingerprint density at radius 1 is 1.17 bits per heavy atom. The molecule has 0 unspecified atom stereocenters. The predicted molar refractivity (Wildman–Crippen MR) is 111 cm³/mol. The third-order valence-electron chi connectivity index (χ3n) is 4.57. The summed E-state index contributed by atoms with van der Waals surface area (Å²) in [7, 11) is 0. The highest BCUT2D eigenvalue weighted by Crippen LogP contribution is 2.26. The number of rotatable bonds is 7. The van der Waals surface area contributed by atoms with Crippen molar-refractivity contribution in [3.63, 3.8) is 0 Å². The number of anilines is 1. The Labute approximate surface area is 178 Å². The molecule has 0 spiro atoms. The molecule has 2 N–H and O–H groups in total. The van der Waals surface area contributed by atoms with Gasteiger partial charge in [0.05, 0.1) is 17.1 Å². The Balaban J connectivity index is 1.67. The molecule has 1 aromatic carbocycles. The average Bonchev–Trinajstić information content (AvgIpc) is 3.24. The number of aromatic nitrogens is 4. The Morgan fingerprint density at radius 2 is 1.83 bits per heavy atom. The molecule has 9 nitrogen and oxygen atoms in total. The van der Waals surface area contributed by atoms with Gasteiger partial charge < -0.3 is 15.2 Å². The van der Waals surface area contributed by atoms with Gasteiger partial charge >= 0.3 is 5.97 Å². The van der Waals surface area contributed by atoms with E-state index in [1.165, 1.54) is 16.9 Å². The first-order valence-electron chi connectivity index (χ1n) is 9.16. The number of nitrogens with zero attached hydrogens (tertiary/aromatic N) is 4. The van der Waals surface area contributed by atoms with Gasteiger partial charge in [-0.1, -0.05) is 11.6 Å². The van der Waals surface area contributed by atoms with Gasteiger partial charge in [0.25, 0.3) is 0 Å². The van der Waals surface area contributed by atoms with Crippen LogP contribution >= 0.6 is 11.6 Å². The molecule has 0 radical (unpaired) electrons. The number of hydrogen-bond acceptors (Lipinski definition) is 5. The monoisotopic (exact) mass is 431 g/mol. The molecule has 0 saturated heterocycles. The zero-order valence-electron chi connectivity index (χ0n) is 17.1. The molecule has 2 aromatic heterocycles. The van der Waals surface area contributed by atoms with Crippen molar-refractivity contribution >= 4 is 29.2 Å². The Kier molecular flexibility index (Phi) is 6.12. The van der Waals surface area contributed by atoms with E-state index >= 15 is 0 Å². The molecule has 10 heteroatoms. The van der Waals surface area contributed by atoms with Crippen LogP contribution in [0.3, 0.4) is 0 Å². The van der Waals surface area contributed by atoms with Crippen LogP contribution in [0.25, 0.3) is 0 Å². The highest BCUT2D eigenvalue weighted by atomic mass is 35.5. The lowest BCUT2D eigenvalue weighted by Crippen LogP contribution is -2.20. The number of nitrogens with one attached hydrogen (secondary N) is 1. The van der Waals surface area contributed by atoms with Gasteiger partial charge in [-0.3, -0.25) is 9.48 Å². The number of carboxylic acid groups (broad SMARTS) is 1. The zero-order valence-corrected chi connectivity index (χ0v) is 17.8. The van der Waals surface area contributed by atoms with Gasteiger partial charge in [-0.2, -0.15) is 10.2 Å². The lowest BCUT2D eigenvalue weighted by atomic mass is 10.1. The van der Waals surface area contributed by atoms with Crippen molar-refractivity contribution in [2.24, 2.45) is 0 Å². The first kappa shape index (κ1) is 21.4. The lowest BCUT2D eigenvalue weighted by Gasteiger charge is -2.11. The van der Waals surface area contributed by atoms with Crippen molar-refractivity contribution in [2.75, 3.05) is 5.32 Å². The van der Waals surface area contributed by atoms with Gasteiger partial charge in [-0.15, -0.1) is 0 Å². The topological polar surface area (TPSA) is 111 Å². The summed E-state index contributed by atoms with van der Waals surface area (Å²) in [6.07, 6.45) is 1.44. The number of benzene rings is 1. The average molecular weight is 432 g/mol. The van der Waals surface area contributed by atoms with E-state index in [1.807, 2.05) is 32.9 Å². The first-order chi connectivity index (χ1) is 14.2. The predicted octanol–water partition coefficient (Wildman–Crippen LogP) is 3.34. The third-order valence-corrected chi connectivity index (χ3v) is 5.17. The molecule has 0 aliphatic heterocycles. The number of carbonyl (C=O) groups is 2. The van der Waals surface area contributed by atoms with E-state index in [-0.39, 0.29) is 24.9 Å². The molecule has 0 fully saturated rings. The fourth-order valence-corrected chi connectivity index (χ4v) is 3.13. The van der Waals surface area contributed by atoms with Gasteiger partial charge in [-0.05, 0) is 57.0 Å². The number of halogens is 1. The summed E-state index contributed by atoms with van der Waals surface area (Å²) in [6, 6.07) is 5.06. The number of hydrogen-bond donors (Lipinski definition) is 2. The van der Waals surface area contributed by atoms with Crippen LogP contribution in [0.2, 0.25) is 5.02 Å². The van der Waals surface area contributed by atoms with Gasteiger partial charge in [0.1, 0.15) is 12.3 Å². The smallest absolute Gasteiger partial charge is 0.356 e. The second kappa shape index (κ2) is 8.58. The summed E-state index contributed by atoms with van der Waals surface area (Å²) in [4.78, 5) is 23.3. The Hall–Kier alpha value is -3.33. The maximum Gasteiger partial charge on any atom is 0.356 e. The minimum absolute atomic E-state index is 0.114. The van der Waals surface area contributed by atoms with Crippen molar-refractivity contribution < 1.29 is 19.4 Å². The molecule has 2 heterocycles. The van der Waals surface area contributed by atoms with Crippen LogP contribution in [0.4, 0.5) is 5.69 Å². The van der Waals surface area contributed by atoms with Crippen molar-refractivity contribution in [1.82, 2.24) is 19.6 Å². The summed E-state index contributed by atoms with van der Waals surface area (Å²) >= 11 is 6.19. The summed E-state index contributed by atoms with van der Waals surface area (Å²) in [6.45, 7) is 7.50. The minimum Gasteiger partial charge on any atom is -0.476 e. The number of amides is 1. The fraction of sp³-hybridized carbons (Fsp3) is 0.300. The standard InChI is InChI=1S/C20H22ClN5O4/c1-11-7-15(8-12(2)18(11)21)30-10-26-14(4)19(13(3)23-26)22-17(27)9-25-6-5-16(24-25)20(28)29/h5-8H,9-10H2,1-4H3,(H,22,27)(H,28,29). The molecule has 0 atom stereocenters. The van der Waals surface area contributed by atoms with Crippen molar-refractivity contribution in [3.8, 4) is 5.75 Å². The Bertz CT molecular complexity index is 1100. The SMILES string of the molecule is Cc1cc(OCn2nc(C)c(NC(=O)Cn3ccc(C(=O)O)n3)c2C)cc(C)c1Cl. The normalized spacial score (nSPS) is 10.8. The van der Waals surface area contributed by atoms with E-state index in [1.54, 1.807) is 11.6 Å². The van der Waals surface area contributed by atoms with Crippen LogP contribution in [-0.4, -0.2) is 36.5 Å². The van der Waals surface area contributed by atoms with E-state index in [2.05, 4.69) is 15.5 Å². The summed E-state index contributed by atoms with van der Waals surface area (Å²) < 4.78 is 8.76. The van der Waals surface area contributed by atoms with E-state index in [0.717, 1.165) is 16.8 Å². The third kappa shape index (κ3) is 4.62. The minimum atomic E-state index is -1.15. The van der Waals surface area contributed by atoms with Gasteiger partial charge in [0.2, 0.25) is 5.91 Å². The van der Waals surface area contributed by atoms with Gasteiger partial charge in [0, 0.05) is 11.2 Å². The van der Waals surface area contributed by atoms with Crippen molar-refractivity contribution in [3.05, 3.63) is 57.6 Å². The number of ether oxygens (including phenoxy) is 1. The molecule has 1 amide bonds. The molecule has 30 heavy (non-hydrogen) atoms. The molecule has 158 valence electrons. The van der Waals surface area contributed by atoms with Crippen LogP contribution in [0.5, 0.6) is 5.75 Å². The molecule has 0 aliphatic rings. The quantitative estimate of drug-likeness (QED) is 0.593. The van der Waals surface area contributed by atoms with E-state index < -0.39 is 5.97 Å². The van der Waals surface area contributed by atoms with Crippen LogP contribution in [0, 0.1) is 27.7 Å². The van der Waals surface area contributed by atoms with Crippen LogP contribution in [0.1, 0.15) is 33.0 Å². The van der Waals surface area contributed by atoms with Crippen LogP contribution < -0.4 is 10.1 Å². The van der Waals surface area contributed by atoms with Gasteiger partial charge in [-0.25, -0.2) is 9.48 Å². The second-order valence-electron chi connectivity index (χ2n) is 6.94. The number of carbonyl (C=O) groups excluding carboxylic acids is 1. The van der Waals surface area contributed by atoms with Crippen molar-refractivity contribution in [1.29, 1.82) is 0 Å². The maximum absolute atomic E-state index is 12.4. The maximum atomic E-state index is 12.4.